The number of aryl methyl sites for hydroxylation is 1. The van der Waals surface area contributed by atoms with Crippen LogP contribution in [0, 0.1) is 6.92 Å². The van der Waals surface area contributed by atoms with Gasteiger partial charge in [0.2, 0.25) is 10.0 Å². The van der Waals surface area contributed by atoms with Gasteiger partial charge in [-0.25, -0.2) is 8.42 Å². The van der Waals surface area contributed by atoms with E-state index in [0.717, 1.165) is 48.9 Å². The lowest BCUT2D eigenvalue weighted by Crippen LogP contribution is -2.36. The summed E-state index contributed by atoms with van der Waals surface area (Å²) < 4.78 is 28.0. The van der Waals surface area contributed by atoms with E-state index in [1.165, 1.54) is 0 Å². The third-order valence-electron chi connectivity index (χ3n) is 6.07. The molecule has 2 aromatic carbocycles. The van der Waals surface area contributed by atoms with Crippen molar-refractivity contribution in [3.8, 4) is 0 Å². The summed E-state index contributed by atoms with van der Waals surface area (Å²) in [6, 6.07) is 12.9. The van der Waals surface area contributed by atoms with Gasteiger partial charge in [-0.1, -0.05) is 37.1 Å². The molecular formula is C23H28N2O3S. The molecule has 2 heterocycles. The molecule has 0 bridgehead atoms. The molecule has 0 aromatic heterocycles. The molecule has 4 rings (SSSR count). The van der Waals surface area contributed by atoms with Gasteiger partial charge in [0, 0.05) is 30.4 Å². The first-order chi connectivity index (χ1) is 13.9. The summed E-state index contributed by atoms with van der Waals surface area (Å²) in [5, 5.41) is 0. The number of rotatable bonds is 3. The number of benzene rings is 2. The first kappa shape index (κ1) is 20.1. The van der Waals surface area contributed by atoms with Gasteiger partial charge in [-0.2, -0.15) is 4.31 Å². The molecule has 6 heteroatoms. The zero-order chi connectivity index (χ0) is 20.6. The maximum absolute atomic E-state index is 13.5. The molecule has 0 radical (unpaired) electrons. The number of hydrogen-bond acceptors (Lipinski definition) is 3. The Balaban J connectivity index is 1.70. The lowest BCUT2D eigenvalue weighted by atomic mass is 10.1. The molecule has 0 N–H and O–H groups in total. The van der Waals surface area contributed by atoms with E-state index in [1.54, 1.807) is 27.4 Å². The van der Waals surface area contributed by atoms with Crippen LogP contribution in [0.4, 0.5) is 5.69 Å². The standard InChI is InChI=1S/C23H28N2O3S/c1-17-11-12-20(29(27,28)24-13-7-3-4-8-14-24)16-21(17)23(26)25-18(2)15-19-9-5-6-10-22(19)25/h5-6,9-12,16,18H,3-4,7-8,13-15H2,1-2H3/t18-/m0/s1. The van der Waals surface area contributed by atoms with Crippen LogP contribution in [0.15, 0.2) is 47.4 Å². The molecule has 0 unspecified atom stereocenters. The van der Waals surface area contributed by atoms with Crippen LogP contribution in [0.25, 0.3) is 0 Å². The van der Waals surface area contributed by atoms with Gasteiger partial charge in [0.05, 0.1) is 4.90 Å². The van der Waals surface area contributed by atoms with Crippen LogP contribution in [-0.4, -0.2) is 37.8 Å². The van der Waals surface area contributed by atoms with Crippen LogP contribution < -0.4 is 4.90 Å². The van der Waals surface area contributed by atoms with Crippen molar-refractivity contribution in [1.29, 1.82) is 0 Å². The Kier molecular flexibility index (Phi) is 5.49. The summed E-state index contributed by atoms with van der Waals surface area (Å²) >= 11 is 0. The predicted octanol–water partition coefficient (Wildman–Crippen LogP) is 4.15. The highest BCUT2D eigenvalue weighted by Crippen LogP contribution is 2.34. The van der Waals surface area contributed by atoms with E-state index in [-0.39, 0.29) is 16.8 Å². The Morgan fingerprint density at radius 3 is 2.41 bits per heavy atom. The zero-order valence-corrected chi connectivity index (χ0v) is 17.9. The highest BCUT2D eigenvalue weighted by molar-refractivity contribution is 7.89. The average Bonchev–Trinajstić information content (AvgIpc) is 2.86. The molecule has 0 saturated carbocycles. The van der Waals surface area contributed by atoms with Crippen molar-refractivity contribution in [3.05, 3.63) is 59.2 Å². The maximum atomic E-state index is 13.5. The van der Waals surface area contributed by atoms with Crippen LogP contribution in [-0.2, 0) is 16.4 Å². The van der Waals surface area contributed by atoms with Gasteiger partial charge in [-0.3, -0.25) is 4.79 Å². The molecule has 0 spiro atoms. The third kappa shape index (κ3) is 3.71. The van der Waals surface area contributed by atoms with E-state index >= 15 is 0 Å². The second kappa shape index (κ2) is 7.92. The number of hydrogen-bond donors (Lipinski definition) is 0. The van der Waals surface area contributed by atoms with Crippen molar-refractivity contribution in [3.63, 3.8) is 0 Å². The van der Waals surface area contributed by atoms with E-state index in [1.807, 2.05) is 38.1 Å². The summed E-state index contributed by atoms with van der Waals surface area (Å²) in [6.07, 6.45) is 4.72. The van der Waals surface area contributed by atoms with Crippen LogP contribution in [0.2, 0.25) is 0 Å². The minimum Gasteiger partial charge on any atom is -0.305 e. The van der Waals surface area contributed by atoms with Gasteiger partial charge in [0.1, 0.15) is 0 Å². The monoisotopic (exact) mass is 412 g/mol. The molecular weight excluding hydrogens is 384 g/mol. The first-order valence-corrected chi connectivity index (χ1v) is 11.9. The van der Waals surface area contributed by atoms with E-state index in [2.05, 4.69) is 0 Å². The van der Waals surface area contributed by atoms with Crippen LogP contribution in [0.5, 0.6) is 0 Å². The van der Waals surface area contributed by atoms with E-state index in [4.69, 9.17) is 0 Å². The summed E-state index contributed by atoms with van der Waals surface area (Å²) in [7, 11) is -3.59. The average molecular weight is 413 g/mol. The van der Waals surface area contributed by atoms with Crippen molar-refractivity contribution in [1.82, 2.24) is 4.31 Å². The summed E-state index contributed by atoms with van der Waals surface area (Å²) in [5.74, 6) is -0.132. The quantitative estimate of drug-likeness (QED) is 0.761. The SMILES string of the molecule is Cc1ccc(S(=O)(=O)N2CCCCCC2)cc1C(=O)N1c2ccccc2C[C@@H]1C. The summed E-state index contributed by atoms with van der Waals surface area (Å²) in [6.45, 7) is 5.00. The second-order valence-corrected chi connectivity index (χ2v) is 10.1. The maximum Gasteiger partial charge on any atom is 0.258 e. The van der Waals surface area contributed by atoms with E-state index in [0.29, 0.717) is 18.7 Å². The fourth-order valence-corrected chi connectivity index (χ4v) is 5.97. The van der Waals surface area contributed by atoms with E-state index in [9.17, 15) is 13.2 Å². The van der Waals surface area contributed by atoms with Gasteiger partial charge in [0.25, 0.3) is 5.91 Å². The van der Waals surface area contributed by atoms with Crippen LogP contribution in [0.1, 0.15) is 54.1 Å². The Bertz CT molecular complexity index is 1020. The lowest BCUT2D eigenvalue weighted by molar-refractivity contribution is 0.0980. The summed E-state index contributed by atoms with van der Waals surface area (Å²) in [4.78, 5) is 15.5. The number of fused-ring (bicyclic) bond motifs is 1. The molecule has 1 atom stereocenters. The Morgan fingerprint density at radius 1 is 1.00 bits per heavy atom. The molecule has 29 heavy (non-hydrogen) atoms. The molecule has 1 amide bonds. The van der Waals surface area contributed by atoms with Gasteiger partial charge in [-0.15, -0.1) is 0 Å². The van der Waals surface area contributed by atoms with Crippen molar-refractivity contribution in [2.45, 2.75) is 56.9 Å². The van der Waals surface area contributed by atoms with Gasteiger partial charge in [0.15, 0.2) is 0 Å². The topological polar surface area (TPSA) is 57.7 Å². The van der Waals surface area contributed by atoms with Gasteiger partial charge in [-0.05, 0) is 62.4 Å². The molecule has 154 valence electrons. The number of carbonyl (C=O) groups is 1. The van der Waals surface area contributed by atoms with Crippen molar-refractivity contribution >= 4 is 21.6 Å². The number of nitrogens with zero attached hydrogens (tertiary/aromatic N) is 2. The largest absolute Gasteiger partial charge is 0.305 e. The van der Waals surface area contributed by atoms with Crippen molar-refractivity contribution in [2.24, 2.45) is 0 Å². The fraction of sp³-hybridized carbons (Fsp3) is 0.435. The minimum absolute atomic E-state index is 0.0465. The molecule has 2 aromatic rings. The Morgan fingerprint density at radius 2 is 1.69 bits per heavy atom. The lowest BCUT2D eigenvalue weighted by Gasteiger charge is -2.25. The number of amides is 1. The van der Waals surface area contributed by atoms with Gasteiger partial charge >= 0.3 is 0 Å². The summed E-state index contributed by atoms with van der Waals surface area (Å²) in [5.41, 5.74) is 3.33. The van der Waals surface area contributed by atoms with Crippen molar-refractivity contribution < 1.29 is 13.2 Å². The van der Waals surface area contributed by atoms with Crippen LogP contribution in [0.3, 0.4) is 0 Å². The van der Waals surface area contributed by atoms with Crippen molar-refractivity contribution in [2.75, 3.05) is 18.0 Å². The molecule has 1 fully saturated rings. The Labute approximate surface area is 173 Å². The number of sulfonamides is 1. The highest BCUT2D eigenvalue weighted by atomic mass is 32.2. The number of carbonyl (C=O) groups excluding carboxylic acids is 1. The number of anilines is 1. The van der Waals surface area contributed by atoms with E-state index < -0.39 is 10.0 Å². The molecule has 0 aliphatic carbocycles. The minimum atomic E-state index is -3.59. The smallest absolute Gasteiger partial charge is 0.258 e. The van der Waals surface area contributed by atoms with Crippen LogP contribution >= 0.6 is 0 Å². The molecule has 2 aliphatic rings. The molecule has 2 aliphatic heterocycles. The fourth-order valence-electron chi connectivity index (χ4n) is 4.43. The Hall–Kier alpha value is -2.18. The predicted molar refractivity (Wildman–Crippen MR) is 115 cm³/mol. The second-order valence-electron chi connectivity index (χ2n) is 8.15. The highest BCUT2D eigenvalue weighted by Gasteiger charge is 2.33. The molecule has 1 saturated heterocycles. The zero-order valence-electron chi connectivity index (χ0n) is 17.1. The normalized spacial score (nSPS) is 20.3. The first-order valence-electron chi connectivity index (χ1n) is 10.4. The molecule has 5 nitrogen and oxygen atoms in total. The van der Waals surface area contributed by atoms with Gasteiger partial charge < -0.3 is 4.90 Å². The third-order valence-corrected chi connectivity index (χ3v) is 7.96. The number of para-hydroxylation sites is 1.